The van der Waals surface area contributed by atoms with Gasteiger partial charge >= 0.3 is 0 Å². The van der Waals surface area contributed by atoms with Crippen molar-refractivity contribution in [2.75, 3.05) is 31.1 Å². The normalized spacial score (nSPS) is 19.9. The van der Waals surface area contributed by atoms with E-state index in [4.69, 9.17) is 9.26 Å². The monoisotopic (exact) mass is 414 g/mol. The molecule has 0 spiro atoms. The standard InChI is InChI=1S/C21H30N6O3/c1-3-5-18-25-21(30-26-18)17-13-22-14(2)24-19(17)27-9-7-15(8-10-27)20(28)23-12-16-6-4-11-29-16/h13,15-16H,3-12H2,1-2H3,(H,23,28). The molecule has 0 saturated carbocycles. The van der Waals surface area contributed by atoms with Crippen molar-refractivity contribution in [3.63, 3.8) is 0 Å². The van der Waals surface area contributed by atoms with Gasteiger partial charge in [0, 0.05) is 44.8 Å². The van der Waals surface area contributed by atoms with Gasteiger partial charge in [-0.15, -0.1) is 0 Å². The molecule has 2 aliphatic heterocycles. The number of aryl methyl sites for hydroxylation is 2. The van der Waals surface area contributed by atoms with E-state index in [2.05, 4.69) is 37.2 Å². The highest BCUT2D eigenvalue weighted by atomic mass is 16.5. The van der Waals surface area contributed by atoms with Gasteiger partial charge in [-0.1, -0.05) is 12.1 Å². The number of hydrogen-bond acceptors (Lipinski definition) is 8. The molecule has 0 aliphatic carbocycles. The molecule has 1 N–H and O–H groups in total. The maximum Gasteiger partial charge on any atom is 0.263 e. The molecule has 2 aromatic heterocycles. The van der Waals surface area contributed by atoms with E-state index in [1.165, 1.54) is 0 Å². The van der Waals surface area contributed by atoms with E-state index in [0.29, 0.717) is 24.1 Å². The zero-order valence-corrected chi connectivity index (χ0v) is 17.8. The van der Waals surface area contributed by atoms with Crippen molar-refractivity contribution in [3.8, 4) is 11.5 Å². The molecule has 4 heterocycles. The largest absolute Gasteiger partial charge is 0.376 e. The summed E-state index contributed by atoms with van der Waals surface area (Å²) in [5.74, 6) is 2.79. The summed E-state index contributed by atoms with van der Waals surface area (Å²) in [7, 11) is 0. The molecule has 30 heavy (non-hydrogen) atoms. The Morgan fingerprint density at radius 3 is 2.83 bits per heavy atom. The van der Waals surface area contributed by atoms with Crippen LogP contribution in [0.2, 0.25) is 0 Å². The predicted octanol–water partition coefficient (Wildman–Crippen LogP) is 2.30. The first-order valence-corrected chi connectivity index (χ1v) is 10.9. The lowest BCUT2D eigenvalue weighted by Gasteiger charge is -2.33. The second kappa shape index (κ2) is 9.51. The molecule has 0 aromatic carbocycles. The maximum atomic E-state index is 12.6. The van der Waals surface area contributed by atoms with Gasteiger partial charge < -0.3 is 19.5 Å². The minimum atomic E-state index is 0.0219. The van der Waals surface area contributed by atoms with Gasteiger partial charge in [-0.05, 0) is 39.0 Å². The van der Waals surface area contributed by atoms with Crippen molar-refractivity contribution in [1.29, 1.82) is 0 Å². The second-order valence-electron chi connectivity index (χ2n) is 8.06. The Morgan fingerprint density at radius 1 is 1.27 bits per heavy atom. The molecule has 4 rings (SSSR count). The van der Waals surface area contributed by atoms with Crippen LogP contribution in [0.3, 0.4) is 0 Å². The smallest absolute Gasteiger partial charge is 0.263 e. The summed E-state index contributed by atoms with van der Waals surface area (Å²) in [6, 6.07) is 0. The molecule has 9 nitrogen and oxygen atoms in total. The Hall–Kier alpha value is -2.55. The van der Waals surface area contributed by atoms with Crippen molar-refractivity contribution < 1.29 is 14.1 Å². The fourth-order valence-electron chi connectivity index (χ4n) is 4.06. The molecule has 162 valence electrons. The quantitative estimate of drug-likeness (QED) is 0.736. The van der Waals surface area contributed by atoms with E-state index >= 15 is 0 Å². The highest BCUT2D eigenvalue weighted by Gasteiger charge is 2.29. The summed E-state index contributed by atoms with van der Waals surface area (Å²) in [6.07, 6.45) is 7.34. The molecule has 2 fully saturated rings. The Kier molecular flexibility index (Phi) is 6.56. The summed E-state index contributed by atoms with van der Waals surface area (Å²) in [5, 5.41) is 7.12. The van der Waals surface area contributed by atoms with Gasteiger partial charge in [0.15, 0.2) is 5.82 Å². The number of aromatic nitrogens is 4. The first kappa shape index (κ1) is 20.7. The van der Waals surface area contributed by atoms with Gasteiger partial charge in [0.05, 0.1) is 6.10 Å². The molecule has 1 amide bonds. The molecule has 9 heteroatoms. The van der Waals surface area contributed by atoms with Crippen LogP contribution in [0.4, 0.5) is 5.82 Å². The molecule has 2 aromatic rings. The van der Waals surface area contributed by atoms with Crippen molar-refractivity contribution in [1.82, 2.24) is 25.4 Å². The Bertz CT molecular complexity index is 856. The highest BCUT2D eigenvalue weighted by Crippen LogP contribution is 2.31. The number of anilines is 1. The number of ether oxygens (including phenoxy) is 1. The predicted molar refractivity (Wildman–Crippen MR) is 111 cm³/mol. The lowest BCUT2D eigenvalue weighted by Crippen LogP contribution is -2.42. The van der Waals surface area contributed by atoms with Crippen LogP contribution in [0.1, 0.15) is 50.7 Å². The third-order valence-electron chi connectivity index (χ3n) is 5.75. The van der Waals surface area contributed by atoms with Crippen molar-refractivity contribution >= 4 is 11.7 Å². The van der Waals surface area contributed by atoms with Gasteiger partial charge in [0.25, 0.3) is 5.89 Å². The first-order chi connectivity index (χ1) is 14.6. The minimum Gasteiger partial charge on any atom is -0.376 e. The molecular weight excluding hydrogens is 384 g/mol. The second-order valence-corrected chi connectivity index (χ2v) is 8.06. The summed E-state index contributed by atoms with van der Waals surface area (Å²) in [4.78, 5) is 28.2. The van der Waals surface area contributed by atoms with Crippen LogP contribution in [-0.2, 0) is 16.0 Å². The topological polar surface area (TPSA) is 106 Å². The molecule has 1 atom stereocenters. The van der Waals surface area contributed by atoms with Crippen molar-refractivity contribution in [2.45, 2.75) is 58.5 Å². The summed E-state index contributed by atoms with van der Waals surface area (Å²) < 4.78 is 11.1. The molecule has 2 saturated heterocycles. The van der Waals surface area contributed by atoms with E-state index in [0.717, 1.165) is 69.6 Å². The molecule has 1 unspecified atom stereocenters. The number of hydrogen-bond donors (Lipinski definition) is 1. The first-order valence-electron chi connectivity index (χ1n) is 10.9. The van der Waals surface area contributed by atoms with Crippen LogP contribution in [0.25, 0.3) is 11.5 Å². The number of carbonyl (C=O) groups excluding carboxylic acids is 1. The number of carbonyl (C=O) groups is 1. The number of piperidine rings is 1. The highest BCUT2D eigenvalue weighted by molar-refractivity contribution is 5.79. The lowest BCUT2D eigenvalue weighted by molar-refractivity contribution is -0.126. The van der Waals surface area contributed by atoms with Gasteiger partial charge in [0.2, 0.25) is 5.91 Å². The number of nitrogens with zero attached hydrogens (tertiary/aromatic N) is 5. The van der Waals surface area contributed by atoms with Crippen LogP contribution in [0.5, 0.6) is 0 Å². The molecular formula is C21H30N6O3. The van der Waals surface area contributed by atoms with E-state index < -0.39 is 0 Å². The lowest BCUT2D eigenvalue weighted by atomic mass is 9.95. The van der Waals surface area contributed by atoms with Crippen LogP contribution in [0, 0.1) is 12.8 Å². The third-order valence-corrected chi connectivity index (χ3v) is 5.75. The van der Waals surface area contributed by atoms with E-state index in [-0.39, 0.29) is 17.9 Å². The van der Waals surface area contributed by atoms with Gasteiger partial charge in [0.1, 0.15) is 17.2 Å². The van der Waals surface area contributed by atoms with Crippen LogP contribution >= 0.6 is 0 Å². The Balaban J connectivity index is 1.40. The summed E-state index contributed by atoms with van der Waals surface area (Å²) in [6.45, 7) is 6.87. The van der Waals surface area contributed by atoms with Gasteiger partial charge in [-0.25, -0.2) is 9.97 Å². The van der Waals surface area contributed by atoms with Crippen molar-refractivity contribution in [2.24, 2.45) is 5.92 Å². The fraction of sp³-hybridized carbons (Fsp3) is 0.667. The number of amides is 1. The average Bonchev–Trinajstić information content (AvgIpc) is 3.45. The summed E-state index contributed by atoms with van der Waals surface area (Å²) >= 11 is 0. The molecule has 0 radical (unpaired) electrons. The fourth-order valence-corrected chi connectivity index (χ4v) is 4.06. The Labute approximate surface area is 176 Å². The SMILES string of the molecule is CCCc1noc(-c2cnc(C)nc2N2CCC(C(=O)NCC3CCCO3)CC2)n1. The maximum absolute atomic E-state index is 12.6. The van der Waals surface area contributed by atoms with E-state index in [9.17, 15) is 4.79 Å². The van der Waals surface area contributed by atoms with Crippen LogP contribution in [0.15, 0.2) is 10.7 Å². The molecule has 2 aliphatic rings. The van der Waals surface area contributed by atoms with E-state index in [1.54, 1.807) is 6.20 Å². The van der Waals surface area contributed by atoms with E-state index in [1.807, 2.05) is 6.92 Å². The minimum absolute atomic E-state index is 0.0219. The zero-order chi connectivity index (χ0) is 20.9. The summed E-state index contributed by atoms with van der Waals surface area (Å²) in [5.41, 5.74) is 0.747. The Morgan fingerprint density at radius 2 is 2.10 bits per heavy atom. The third kappa shape index (κ3) is 4.77. The van der Waals surface area contributed by atoms with Crippen LogP contribution < -0.4 is 10.2 Å². The zero-order valence-electron chi connectivity index (χ0n) is 17.8. The molecule has 0 bridgehead atoms. The number of rotatable bonds is 7. The number of nitrogens with one attached hydrogen (secondary N) is 1. The van der Waals surface area contributed by atoms with Gasteiger partial charge in [-0.2, -0.15) is 4.98 Å². The van der Waals surface area contributed by atoms with Crippen LogP contribution in [-0.4, -0.2) is 58.4 Å². The average molecular weight is 415 g/mol. The van der Waals surface area contributed by atoms with Crippen molar-refractivity contribution in [3.05, 3.63) is 17.8 Å². The van der Waals surface area contributed by atoms with Gasteiger partial charge in [-0.3, -0.25) is 4.79 Å².